The minimum Gasteiger partial charge on any atom is -0.399 e. The third-order valence-electron chi connectivity index (χ3n) is 4.33. The Hall–Kier alpha value is -2.94. The molecule has 3 aromatic rings. The molecule has 3 rings (SSSR count). The molecule has 0 amide bonds. The molecule has 0 fully saturated rings. The highest BCUT2D eigenvalue weighted by molar-refractivity contribution is 5.50. The van der Waals surface area contributed by atoms with Crippen LogP contribution in [-0.2, 0) is 12.8 Å². The molecule has 0 aliphatic rings. The van der Waals surface area contributed by atoms with Crippen molar-refractivity contribution < 1.29 is 0 Å². The fourth-order valence-corrected chi connectivity index (χ4v) is 3.12. The van der Waals surface area contributed by atoms with E-state index in [4.69, 9.17) is 17.2 Å². The first-order chi connectivity index (χ1) is 11.6. The summed E-state index contributed by atoms with van der Waals surface area (Å²) in [7, 11) is 0. The molecule has 0 radical (unpaired) electrons. The highest BCUT2D eigenvalue weighted by Gasteiger charge is 2.16. The van der Waals surface area contributed by atoms with Crippen molar-refractivity contribution in [3.63, 3.8) is 0 Å². The van der Waals surface area contributed by atoms with Crippen LogP contribution in [0.15, 0.2) is 72.8 Å². The zero-order valence-corrected chi connectivity index (χ0v) is 13.7. The van der Waals surface area contributed by atoms with Gasteiger partial charge >= 0.3 is 0 Å². The number of hydrogen-bond acceptors (Lipinski definition) is 3. The van der Waals surface area contributed by atoms with Gasteiger partial charge in [-0.25, -0.2) is 0 Å². The van der Waals surface area contributed by atoms with Crippen molar-refractivity contribution in [3.8, 4) is 0 Å². The maximum atomic E-state index is 6.24. The Balaban J connectivity index is 1.91. The van der Waals surface area contributed by atoms with Crippen LogP contribution in [-0.4, -0.2) is 0 Å². The quantitative estimate of drug-likeness (QED) is 0.622. The average Bonchev–Trinajstić information content (AvgIpc) is 2.57. The summed E-state index contributed by atoms with van der Waals surface area (Å²) < 4.78 is 0. The van der Waals surface area contributed by atoms with Gasteiger partial charge in [0.25, 0.3) is 0 Å². The number of anilines is 3. The standard InChI is InChI=1S/C21H23N3/c22-18-10-8-15(9-11-18)12-17(20-6-1-2-7-21(20)24)13-16-4-3-5-19(23)14-16/h1-11,14,17H,12-13,22-24H2. The summed E-state index contributed by atoms with van der Waals surface area (Å²) in [6.07, 6.45) is 1.80. The molecule has 1 unspecified atom stereocenters. The van der Waals surface area contributed by atoms with Crippen molar-refractivity contribution in [3.05, 3.63) is 89.5 Å². The van der Waals surface area contributed by atoms with Gasteiger partial charge in [-0.1, -0.05) is 42.5 Å². The number of benzene rings is 3. The van der Waals surface area contributed by atoms with E-state index >= 15 is 0 Å². The number of hydrogen-bond donors (Lipinski definition) is 3. The molecule has 3 nitrogen and oxygen atoms in total. The van der Waals surface area contributed by atoms with Crippen LogP contribution in [0.25, 0.3) is 0 Å². The maximum absolute atomic E-state index is 6.24. The normalized spacial score (nSPS) is 12.0. The number of nitrogens with two attached hydrogens (primary N) is 3. The van der Waals surface area contributed by atoms with Crippen molar-refractivity contribution in [2.24, 2.45) is 0 Å². The molecule has 6 N–H and O–H groups in total. The van der Waals surface area contributed by atoms with E-state index in [-0.39, 0.29) is 5.92 Å². The van der Waals surface area contributed by atoms with Gasteiger partial charge in [0.05, 0.1) is 0 Å². The number of para-hydroxylation sites is 1. The van der Waals surface area contributed by atoms with Crippen molar-refractivity contribution in [1.29, 1.82) is 0 Å². The predicted octanol–water partition coefficient (Wildman–Crippen LogP) is 4.00. The number of rotatable bonds is 5. The zero-order valence-electron chi connectivity index (χ0n) is 13.7. The van der Waals surface area contributed by atoms with E-state index in [1.165, 1.54) is 16.7 Å². The zero-order chi connectivity index (χ0) is 16.9. The highest BCUT2D eigenvalue weighted by Crippen LogP contribution is 2.30. The van der Waals surface area contributed by atoms with Crippen LogP contribution >= 0.6 is 0 Å². The lowest BCUT2D eigenvalue weighted by Crippen LogP contribution is -2.09. The highest BCUT2D eigenvalue weighted by atomic mass is 14.6. The van der Waals surface area contributed by atoms with Gasteiger partial charge < -0.3 is 17.2 Å². The van der Waals surface area contributed by atoms with E-state index < -0.39 is 0 Å². The van der Waals surface area contributed by atoms with Gasteiger partial charge in [0.2, 0.25) is 0 Å². The Morgan fingerprint density at radius 1 is 0.625 bits per heavy atom. The summed E-state index contributed by atoms with van der Waals surface area (Å²) in [6.45, 7) is 0. The van der Waals surface area contributed by atoms with Crippen molar-refractivity contribution in [1.82, 2.24) is 0 Å². The second kappa shape index (κ2) is 7.09. The summed E-state index contributed by atoms with van der Waals surface area (Å²) >= 11 is 0. The molecule has 0 aliphatic carbocycles. The molecule has 24 heavy (non-hydrogen) atoms. The van der Waals surface area contributed by atoms with Gasteiger partial charge in [0.15, 0.2) is 0 Å². The predicted molar refractivity (Wildman–Crippen MR) is 103 cm³/mol. The lowest BCUT2D eigenvalue weighted by Gasteiger charge is -2.20. The smallest absolute Gasteiger partial charge is 0.0349 e. The Bertz CT molecular complexity index is 809. The van der Waals surface area contributed by atoms with Gasteiger partial charge in [-0.2, -0.15) is 0 Å². The number of nitrogen functional groups attached to an aromatic ring is 3. The van der Waals surface area contributed by atoms with Gasteiger partial charge in [-0.3, -0.25) is 0 Å². The molecule has 0 aromatic heterocycles. The first-order valence-electron chi connectivity index (χ1n) is 8.15. The minimum absolute atomic E-state index is 0.289. The van der Waals surface area contributed by atoms with Crippen LogP contribution in [0.5, 0.6) is 0 Å². The van der Waals surface area contributed by atoms with E-state index in [9.17, 15) is 0 Å². The Kier molecular flexibility index (Phi) is 4.71. The molecule has 3 aromatic carbocycles. The van der Waals surface area contributed by atoms with Crippen LogP contribution in [0, 0.1) is 0 Å². The summed E-state index contributed by atoms with van der Waals surface area (Å²) in [5.41, 5.74) is 24.0. The summed E-state index contributed by atoms with van der Waals surface area (Å²) in [6, 6.07) is 24.2. The second-order valence-corrected chi connectivity index (χ2v) is 6.22. The molecule has 122 valence electrons. The lowest BCUT2D eigenvalue weighted by atomic mass is 9.85. The third kappa shape index (κ3) is 3.87. The van der Waals surface area contributed by atoms with Gasteiger partial charge in [-0.05, 0) is 65.8 Å². The van der Waals surface area contributed by atoms with Crippen LogP contribution in [0.2, 0.25) is 0 Å². The van der Waals surface area contributed by atoms with Gasteiger partial charge in [0.1, 0.15) is 0 Å². The first-order valence-corrected chi connectivity index (χ1v) is 8.15. The van der Waals surface area contributed by atoms with E-state index in [2.05, 4.69) is 24.3 Å². The van der Waals surface area contributed by atoms with Crippen molar-refractivity contribution in [2.45, 2.75) is 18.8 Å². The van der Waals surface area contributed by atoms with Gasteiger partial charge in [-0.15, -0.1) is 0 Å². The lowest BCUT2D eigenvalue weighted by molar-refractivity contribution is 0.682. The monoisotopic (exact) mass is 317 g/mol. The summed E-state index contributed by atoms with van der Waals surface area (Å²) in [5.74, 6) is 0.289. The molecule has 0 bridgehead atoms. The van der Waals surface area contributed by atoms with Crippen molar-refractivity contribution in [2.75, 3.05) is 17.2 Å². The Labute approximate surface area is 143 Å². The molecular formula is C21H23N3. The summed E-state index contributed by atoms with van der Waals surface area (Å²) in [5, 5.41) is 0. The Morgan fingerprint density at radius 2 is 1.33 bits per heavy atom. The molecule has 0 heterocycles. The van der Waals surface area contributed by atoms with Crippen molar-refractivity contribution >= 4 is 17.1 Å². The third-order valence-corrected chi connectivity index (χ3v) is 4.33. The molecule has 0 spiro atoms. The minimum atomic E-state index is 0.289. The summed E-state index contributed by atoms with van der Waals surface area (Å²) in [4.78, 5) is 0. The first kappa shape index (κ1) is 15.9. The van der Waals surface area contributed by atoms with Crippen LogP contribution < -0.4 is 17.2 Å². The topological polar surface area (TPSA) is 78.1 Å². The SMILES string of the molecule is Nc1ccc(CC(Cc2cccc(N)c2)c2ccccc2N)cc1. The van der Waals surface area contributed by atoms with Gasteiger partial charge in [0, 0.05) is 17.1 Å². The molecule has 3 heteroatoms. The van der Waals surface area contributed by atoms with Crippen LogP contribution in [0.4, 0.5) is 17.1 Å². The molecular weight excluding hydrogens is 294 g/mol. The average molecular weight is 317 g/mol. The Morgan fingerprint density at radius 3 is 2.04 bits per heavy atom. The van der Waals surface area contributed by atoms with Crippen LogP contribution in [0.1, 0.15) is 22.6 Å². The van der Waals surface area contributed by atoms with E-state index in [0.717, 1.165) is 29.9 Å². The van der Waals surface area contributed by atoms with Crippen LogP contribution in [0.3, 0.4) is 0 Å². The van der Waals surface area contributed by atoms with E-state index in [1.54, 1.807) is 0 Å². The van der Waals surface area contributed by atoms with E-state index in [0.29, 0.717) is 0 Å². The second-order valence-electron chi connectivity index (χ2n) is 6.22. The van der Waals surface area contributed by atoms with E-state index in [1.807, 2.05) is 48.5 Å². The molecule has 0 saturated heterocycles. The molecule has 0 saturated carbocycles. The molecule has 0 aliphatic heterocycles. The fourth-order valence-electron chi connectivity index (χ4n) is 3.12. The largest absolute Gasteiger partial charge is 0.399 e. The molecule has 1 atom stereocenters. The maximum Gasteiger partial charge on any atom is 0.0349 e. The fraction of sp³-hybridized carbons (Fsp3) is 0.143.